The maximum atomic E-state index is 5.04. The van der Waals surface area contributed by atoms with Crippen molar-refractivity contribution in [1.82, 2.24) is 5.53 Å². The second kappa shape index (κ2) is 10.4. The van der Waals surface area contributed by atoms with Crippen LogP contribution in [0.1, 0.15) is 48.9 Å². The molecule has 0 bridgehead atoms. The fraction of sp³-hybridized carbons (Fsp3) is 0.889. The van der Waals surface area contributed by atoms with E-state index < -0.39 is 0 Å². The van der Waals surface area contributed by atoms with Gasteiger partial charge in [-0.1, -0.05) is 27.7 Å². The fourth-order valence-electron chi connectivity index (χ4n) is 1.07. The van der Waals surface area contributed by atoms with E-state index in [0.717, 1.165) is 18.6 Å². The van der Waals surface area contributed by atoms with Crippen molar-refractivity contribution < 1.29 is 1.43 Å². The van der Waals surface area contributed by atoms with Gasteiger partial charge in [0.1, 0.15) is 0 Å². The highest BCUT2D eigenvalue weighted by atomic mass is 15.5. The topological polar surface area (TPSA) is 50.4 Å². The minimum Gasteiger partial charge on any atom is -0.246 e. The summed E-state index contributed by atoms with van der Waals surface area (Å²) >= 11 is 0. The van der Waals surface area contributed by atoms with Crippen LogP contribution in [0, 0.1) is 5.92 Å². The molecule has 0 aliphatic heterocycles. The largest absolute Gasteiger partial charge is 0.246 e. The Morgan fingerprint density at radius 3 is 2.08 bits per heavy atom. The van der Waals surface area contributed by atoms with Crippen molar-refractivity contribution >= 4 is 5.71 Å². The van der Waals surface area contributed by atoms with Crippen LogP contribution in [-0.2, 0) is 0 Å². The first-order chi connectivity index (χ1) is 5.76. The Kier molecular flexibility index (Phi) is 12.2. The molecule has 0 amide bonds. The van der Waals surface area contributed by atoms with Gasteiger partial charge < -0.3 is 0 Å². The number of rotatable bonds is 4. The van der Waals surface area contributed by atoms with Gasteiger partial charge in [0, 0.05) is 7.14 Å². The highest BCUT2D eigenvalue weighted by molar-refractivity contribution is 5.83. The van der Waals surface area contributed by atoms with E-state index in [1.165, 1.54) is 0 Å². The molecule has 0 fully saturated rings. The normalized spacial score (nSPS) is 10.8. The van der Waals surface area contributed by atoms with E-state index in [1.54, 1.807) is 0 Å². The fourth-order valence-corrected chi connectivity index (χ4v) is 1.07. The van der Waals surface area contributed by atoms with Crippen molar-refractivity contribution in [2.24, 2.45) is 16.9 Å². The minimum absolute atomic E-state index is 0. The average molecular weight is 175 g/mol. The molecule has 0 aromatic rings. The van der Waals surface area contributed by atoms with Crippen LogP contribution in [0.25, 0.3) is 0 Å². The second-order valence-corrected chi connectivity index (χ2v) is 2.40. The Hall–Kier alpha value is -0.570. The van der Waals surface area contributed by atoms with Crippen LogP contribution in [0.15, 0.2) is 5.10 Å². The summed E-state index contributed by atoms with van der Waals surface area (Å²) < 4.78 is 0. The molecule has 0 heterocycles. The molecule has 0 saturated carbocycles. The summed E-state index contributed by atoms with van der Waals surface area (Å²) in [5, 5.41) is 3.91. The molecule has 76 valence electrons. The Bertz CT molecular complexity index is 111. The number of nitrogens with one attached hydrogen (secondary N) is 1. The standard InChI is InChI=1S/C7H17N3.C2H6.H2/c1-4-7(5-2)6(3)9-10-8;1-2;/h7,10H,4-5,8H2,1-3H3;1-2H3;1H/b9-6+;;. The number of hydrazone groups is 1. The van der Waals surface area contributed by atoms with Gasteiger partial charge in [0.15, 0.2) is 0 Å². The molecule has 12 heavy (non-hydrogen) atoms. The van der Waals surface area contributed by atoms with Crippen molar-refractivity contribution in [3.63, 3.8) is 0 Å². The van der Waals surface area contributed by atoms with Crippen LogP contribution in [0.3, 0.4) is 0 Å². The number of nitrogens with two attached hydrogens (primary N) is 1. The van der Waals surface area contributed by atoms with Crippen LogP contribution < -0.4 is 11.4 Å². The molecule has 0 aliphatic carbocycles. The maximum absolute atomic E-state index is 5.04. The molecule has 3 N–H and O–H groups in total. The van der Waals surface area contributed by atoms with Crippen molar-refractivity contribution in [2.75, 3.05) is 0 Å². The Morgan fingerprint density at radius 1 is 1.42 bits per heavy atom. The van der Waals surface area contributed by atoms with Gasteiger partial charge in [-0.05, 0) is 25.7 Å². The van der Waals surface area contributed by atoms with Crippen LogP contribution in [0.5, 0.6) is 0 Å². The number of nitrogens with zero attached hydrogens (tertiary/aromatic N) is 1. The van der Waals surface area contributed by atoms with Gasteiger partial charge in [-0.15, -0.1) is 0 Å². The summed E-state index contributed by atoms with van der Waals surface area (Å²) in [6.07, 6.45) is 2.26. The third-order valence-electron chi connectivity index (χ3n) is 1.82. The van der Waals surface area contributed by atoms with Crippen molar-refractivity contribution in [1.29, 1.82) is 0 Å². The van der Waals surface area contributed by atoms with Gasteiger partial charge in [-0.2, -0.15) is 5.10 Å². The van der Waals surface area contributed by atoms with Gasteiger partial charge in [0.25, 0.3) is 0 Å². The first kappa shape index (κ1) is 14.0. The highest BCUT2D eigenvalue weighted by Gasteiger charge is 2.05. The van der Waals surface area contributed by atoms with Crippen LogP contribution >= 0.6 is 0 Å². The summed E-state index contributed by atoms with van der Waals surface area (Å²) in [5.74, 6) is 5.62. The predicted molar refractivity (Wildman–Crippen MR) is 58.0 cm³/mol. The van der Waals surface area contributed by atoms with Crippen LogP contribution in [-0.4, -0.2) is 5.71 Å². The Labute approximate surface area is 77.9 Å². The lowest BCUT2D eigenvalue weighted by molar-refractivity contribution is 0.628. The lowest BCUT2D eigenvalue weighted by Gasteiger charge is -2.10. The van der Waals surface area contributed by atoms with Gasteiger partial charge in [-0.25, -0.2) is 11.4 Å². The van der Waals surface area contributed by atoms with Gasteiger partial charge in [0.2, 0.25) is 0 Å². The zero-order chi connectivity index (χ0) is 9.98. The zero-order valence-corrected chi connectivity index (χ0v) is 9.02. The lowest BCUT2D eigenvalue weighted by Crippen LogP contribution is -2.19. The van der Waals surface area contributed by atoms with Crippen LogP contribution in [0.2, 0.25) is 0 Å². The maximum Gasteiger partial charge on any atom is 0.0393 e. The van der Waals surface area contributed by atoms with Crippen molar-refractivity contribution in [2.45, 2.75) is 47.5 Å². The van der Waals surface area contributed by atoms with E-state index in [0.29, 0.717) is 5.92 Å². The molecule has 3 heteroatoms. The molecule has 0 atom stereocenters. The summed E-state index contributed by atoms with van der Waals surface area (Å²) in [4.78, 5) is 0. The van der Waals surface area contributed by atoms with E-state index in [1.807, 2.05) is 20.8 Å². The smallest absolute Gasteiger partial charge is 0.0393 e. The van der Waals surface area contributed by atoms with Gasteiger partial charge in [0.05, 0.1) is 0 Å². The number of hydrazine groups is 1. The summed E-state index contributed by atoms with van der Waals surface area (Å²) in [7, 11) is 0. The molecule has 0 saturated heterocycles. The predicted octanol–water partition coefficient (Wildman–Crippen LogP) is 2.53. The van der Waals surface area contributed by atoms with Gasteiger partial charge >= 0.3 is 0 Å². The first-order valence-corrected chi connectivity index (χ1v) is 4.76. The van der Waals surface area contributed by atoms with E-state index in [2.05, 4.69) is 24.5 Å². The molecular formula is C9H25N3. The quantitative estimate of drug-likeness (QED) is 0.392. The highest BCUT2D eigenvalue weighted by Crippen LogP contribution is 2.08. The molecular weight excluding hydrogens is 150 g/mol. The van der Waals surface area contributed by atoms with Crippen LogP contribution in [0.4, 0.5) is 0 Å². The number of hydrogen-bond donors (Lipinski definition) is 2. The van der Waals surface area contributed by atoms with E-state index in [-0.39, 0.29) is 1.43 Å². The van der Waals surface area contributed by atoms with E-state index >= 15 is 0 Å². The summed E-state index contributed by atoms with van der Waals surface area (Å²) in [5.41, 5.74) is 3.39. The molecule has 0 radical (unpaired) electrons. The molecule has 0 rings (SSSR count). The summed E-state index contributed by atoms with van der Waals surface area (Å²) in [6.45, 7) is 10.3. The van der Waals surface area contributed by atoms with E-state index in [9.17, 15) is 0 Å². The molecule has 0 spiro atoms. The van der Waals surface area contributed by atoms with E-state index in [4.69, 9.17) is 5.84 Å². The molecule has 0 aromatic heterocycles. The molecule has 0 unspecified atom stereocenters. The lowest BCUT2D eigenvalue weighted by atomic mass is 9.99. The molecule has 0 aromatic carbocycles. The van der Waals surface area contributed by atoms with Gasteiger partial charge in [-0.3, -0.25) is 0 Å². The monoisotopic (exact) mass is 175 g/mol. The van der Waals surface area contributed by atoms with Crippen molar-refractivity contribution in [3.8, 4) is 0 Å². The SMILES string of the molecule is CC.CCC(CC)/C(C)=N/NN.[HH]. The second-order valence-electron chi connectivity index (χ2n) is 2.40. The Balaban J connectivity index is -0.000000309. The third-order valence-corrected chi connectivity index (χ3v) is 1.82. The van der Waals surface area contributed by atoms with Crippen molar-refractivity contribution in [3.05, 3.63) is 0 Å². The zero-order valence-electron chi connectivity index (χ0n) is 9.02. The molecule has 3 nitrogen and oxygen atoms in total. The third kappa shape index (κ3) is 6.16. The summed E-state index contributed by atoms with van der Waals surface area (Å²) in [6, 6.07) is 0. The first-order valence-electron chi connectivity index (χ1n) is 4.76. The Morgan fingerprint density at radius 2 is 1.83 bits per heavy atom. The average Bonchev–Trinajstić information content (AvgIpc) is 2.11. The minimum atomic E-state index is 0. The molecule has 0 aliphatic rings. The number of hydrogen-bond acceptors (Lipinski definition) is 3.